The maximum absolute atomic E-state index is 13.5. The van der Waals surface area contributed by atoms with Gasteiger partial charge in [-0.05, 0) is 117 Å². The highest BCUT2D eigenvalue weighted by Gasteiger charge is 2.72. The summed E-state index contributed by atoms with van der Waals surface area (Å²) in [6, 6.07) is 0. The van der Waals surface area contributed by atoms with Crippen molar-refractivity contribution in [2.45, 2.75) is 292 Å². The van der Waals surface area contributed by atoms with E-state index in [2.05, 4.69) is 40.7 Å². The predicted octanol–water partition coefficient (Wildman–Crippen LogP) is -3.16. The molecule has 0 amide bonds. The third-order valence-corrected chi connectivity index (χ3v) is 24.6. The molecule has 0 aromatic carbocycles. The van der Waals surface area contributed by atoms with Crippen molar-refractivity contribution in [3.63, 3.8) is 0 Å². The van der Waals surface area contributed by atoms with Gasteiger partial charge in [0.25, 0.3) is 0 Å². The molecule has 0 aromatic rings. The van der Waals surface area contributed by atoms with Gasteiger partial charge in [-0.3, -0.25) is 0 Å². The standard InChI is InChI=1S/C65H104O30/c1-11-25(2)54(84)89-36-20-60(4,5)18-28-27-12-13-33-62(8)16-15-35(61(6,7)32(62)14-17-63(33,9)64(27,10)19-34(70)65(28,36)24-69)90-59-52(95-56-46(80)42(76)39(73)30(22-67)87-56)48(47(81)49(92-59)53(82)83)91-58-51(44(78)40(74)31(23-68)88-58)94-57-50(43(77)37(71)26(3)85-57)93-55-45(79)41(75)38(72)29(21-66)86-55/h11-12,26,28-52,55-59,66-81H,13-24H2,1-10H3,(H,82,83)/b25-11-/t26-,28-,29-,30+,31+,32-,33+,34+,35-,36-,37-,38-,39+,40-,41+,42-,43+,44-,45-,46+,47-,48-,49-,50-,51+,52+,55+,56-,57-,58-,59+,62-,63+,64+,65-/m0/s1. The summed E-state index contributed by atoms with van der Waals surface area (Å²) >= 11 is 0. The Morgan fingerprint density at radius 2 is 1.05 bits per heavy atom. The molecular weight excluding hydrogens is 1260 g/mol. The highest BCUT2D eigenvalue weighted by atomic mass is 16.8. The summed E-state index contributed by atoms with van der Waals surface area (Å²) in [5.41, 5.74) is -2.23. The van der Waals surface area contributed by atoms with Crippen molar-refractivity contribution in [2.75, 3.05) is 26.4 Å². The lowest BCUT2D eigenvalue weighted by atomic mass is 9.33. The molecule has 9 fully saturated rings. The maximum Gasteiger partial charge on any atom is 0.335 e. The van der Waals surface area contributed by atoms with Crippen LogP contribution < -0.4 is 0 Å². The van der Waals surface area contributed by atoms with Crippen molar-refractivity contribution < 1.29 is 149 Å². The summed E-state index contributed by atoms with van der Waals surface area (Å²) in [6.07, 6.45) is -43.9. The summed E-state index contributed by atoms with van der Waals surface area (Å²) in [7, 11) is 0. The Balaban J connectivity index is 0.976. The smallest absolute Gasteiger partial charge is 0.335 e. The molecule has 5 aliphatic carbocycles. The zero-order chi connectivity index (χ0) is 69.9. The first kappa shape index (κ1) is 75.1. The molecule has 35 atom stereocenters. The van der Waals surface area contributed by atoms with E-state index in [-0.39, 0.29) is 23.2 Å². The van der Waals surface area contributed by atoms with Crippen LogP contribution in [0.3, 0.4) is 0 Å². The average Bonchev–Trinajstić information content (AvgIpc) is 0.672. The third kappa shape index (κ3) is 12.7. The highest BCUT2D eigenvalue weighted by molar-refractivity contribution is 5.87. The number of rotatable bonds is 17. The Bertz CT molecular complexity index is 2750. The fourth-order valence-electron chi connectivity index (χ4n) is 18.8. The molecule has 10 aliphatic rings. The zero-order valence-electron chi connectivity index (χ0n) is 55.4. The normalized spacial score (nSPS) is 52.2. The van der Waals surface area contributed by atoms with Crippen molar-refractivity contribution in [1.29, 1.82) is 0 Å². The number of hydrogen-bond acceptors (Lipinski definition) is 29. The van der Waals surface area contributed by atoms with Crippen LogP contribution in [0.25, 0.3) is 0 Å². The van der Waals surface area contributed by atoms with Crippen molar-refractivity contribution in [3.8, 4) is 0 Å². The Labute approximate surface area is 551 Å². The van der Waals surface area contributed by atoms with Crippen LogP contribution in [0.1, 0.15) is 121 Å². The van der Waals surface area contributed by atoms with Crippen LogP contribution in [-0.2, 0) is 61.7 Å². The molecule has 5 heterocycles. The molecule has 5 aliphatic heterocycles. The summed E-state index contributed by atoms with van der Waals surface area (Å²) in [4.78, 5) is 26.9. The second kappa shape index (κ2) is 28.0. The van der Waals surface area contributed by atoms with Gasteiger partial charge in [-0.1, -0.05) is 66.2 Å². The summed E-state index contributed by atoms with van der Waals surface area (Å²) in [5, 5.41) is 190. The Morgan fingerprint density at radius 1 is 0.547 bits per heavy atom. The molecule has 30 heteroatoms. The van der Waals surface area contributed by atoms with E-state index in [9.17, 15) is 96.4 Å². The van der Waals surface area contributed by atoms with E-state index in [4.69, 9.17) is 52.1 Å². The van der Waals surface area contributed by atoms with Crippen LogP contribution in [0.2, 0.25) is 0 Å². The number of carboxylic acids is 1. The molecule has 95 heavy (non-hydrogen) atoms. The zero-order valence-corrected chi connectivity index (χ0v) is 55.4. The number of aliphatic hydroxyl groups is 16. The predicted molar refractivity (Wildman–Crippen MR) is 321 cm³/mol. The molecule has 0 aromatic heterocycles. The average molecular weight is 1370 g/mol. The van der Waals surface area contributed by atoms with Crippen molar-refractivity contribution >= 4 is 11.9 Å². The van der Waals surface area contributed by atoms with Gasteiger partial charge in [0.15, 0.2) is 37.6 Å². The van der Waals surface area contributed by atoms with E-state index >= 15 is 0 Å². The minimum Gasteiger partial charge on any atom is -0.479 e. The van der Waals surface area contributed by atoms with Gasteiger partial charge in [0.1, 0.15) is 116 Å². The SMILES string of the molecule is C/C=C(/C)C(=O)O[C@H]1CC(C)(C)C[C@H]2C3=CC[C@@H]4[C@@]5(C)CC[C@H](O[C@@H]6O[C@H](C(=O)O)[C@@H](O)[C@H](O[C@@H]7O[C@H](CO)[C@H](O)[C@H](O)[C@H]7O[C@@H]7O[C@@H](C)[C@H](O)[C@@H](O)[C@@H]7O[C@H]7O[C@@H](CO)[C@H](O)[C@@H](O)[C@@H]7O)[C@H]6O[C@@H]6O[C@H](CO)[C@@H](O)[C@H](O)[C@H]6O)C(C)(C)[C@@H]5CC[C@@]4(C)[C@]3(C)C[C@@H](O)[C@@]12CO. The first-order valence-electron chi connectivity index (χ1n) is 33.4. The topological polar surface area (TPSA) is 480 Å². The van der Waals surface area contributed by atoms with Crippen LogP contribution in [0, 0.1) is 50.2 Å². The van der Waals surface area contributed by atoms with Crippen molar-refractivity contribution in [3.05, 3.63) is 23.3 Å². The molecule has 0 bridgehead atoms. The molecule has 10 rings (SSSR count). The largest absolute Gasteiger partial charge is 0.479 e. The number of aliphatic hydroxyl groups excluding tert-OH is 16. The number of carboxylic acid groups (broad SMARTS) is 1. The molecule has 0 unspecified atom stereocenters. The number of aliphatic carboxylic acids is 1. The lowest BCUT2D eigenvalue weighted by Crippen LogP contribution is -2.70. The second-order valence-electron chi connectivity index (χ2n) is 30.7. The van der Waals surface area contributed by atoms with Crippen LogP contribution in [0.4, 0.5) is 0 Å². The van der Waals surface area contributed by atoms with E-state index in [1.54, 1.807) is 19.9 Å². The monoisotopic (exact) mass is 1360 g/mol. The number of fused-ring (bicyclic) bond motifs is 7. The molecule has 0 spiro atoms. The molecule has 0 radical (unpaired) electrons. The first-order valence-corrected chi connectivity index (χ1v) is 33.4. The second-order valence-corrected chi connectivity index (χ2v) is 30.7. The van der Waals surface area contributed by atoms with Gasteiger partial charge in [0, 0.05) is 5.57 Å². The van der Waals surface area contributed by atoms with Gasteiger partial charge in [0.2, 0.25) is 0 Å². The summed E-state index contributed by atoms with van der Waals surface area (Å²) < 4.78 is 67.8. The minimum absolute atomic E-state index is 0.00373. The molecule has 5 saturated heterocycles. The van der Waals surface area contributed by atoms with Gasteiger partial charge in [0.05, 0.1) is 50.2 Å². The van der Waals surface area contributed by atoms with E-state index in [0.29, 0.717) is 56.9 Å². The number of ether oxygens (including phenoxy) is 11. The Hall–Kier alpha value is -2.62. The van der Waals surface area contributed by atoms with Crippen LogP contribution >= 0.6 is 0 Å². The van der Waals surface area contributed by atoms with E-state index in [1.165, 1.54) is 6.92 Å². The van der Waals surface area contributed by atoms with E-state index < -0.39 is 237 Å². The van der Waals surface area contributed by atoms with Crippen molar-refractivity contribution in [1.82, 2.24) is 0 Å². The molecular formula is C65H104O30. The van der Waals surface area contributed by atoms with Crippen molar-refractivity contribution in [2.24, 2.45) is 50.2 Å². The number of carbonyl (C=O) groups excluding carboxylic acids is 1. The fourth-order valence-corrected chi connectivity index (χ4v) is 18.8. The number of allylic oxidation sites excluding steroid dienone is 3. The Kier molecular flexibility index (Phi) is 22.1. The minimum atomic E-state index is -2.36. The summed E-state index contributed by atoms with van der Waals surface area (Å²) in [6.45, 7) is 16.6. The van der Waals surface area contributed by atoms with Gasteiger partial charge in [-0.25, -0.2) is 9.59 Å². The molecule has 4 saturated carbocycles. The van der Waals surface area contributed by atoms with Crippen LogP contribution in [0.15, 0.2) is 23.3 Å². The number of esters is 1. The highest BCUT2D eigenvalue weighted by Crippen LogP contribution is 2.76. The van der Waals surface area contributed by atoms with E-state index in [1.807, 2.05) is 13.8 Å². The van der Waals surface area contributed by atoms with Gasteiger partial charge in [-0.15, -0.1) is 0 Å². The van der Waals surface area contributed by atoms with Gasteiger partial charge < -0.3 is 139 Å². The first-order chi connectivity index (χ1) is 44.5. The van der Waals surface area contributed by atoms with Gasteiger partial charge in [-0.2, -0.15) is 0 Å². The van der Waals surface area contributed by atoms with Crippen LogP contribution in [-0.4, -0.2) is 297 Å². The lowest BCUT2D eigenvalue weighted by Gasteiger charge is -2.72. The Morgan fingerprint density at radius 3 is 1.60 bits per heavy atom. The molecule has 17 N–H and O–H groups in total. The number of carbonyl (C=O) groups is 2. The number of hydrogen-bond donors (Lipinski definition) is 17. The van der Waals surface area contributed by atoms with E-state index in [0.717, 1.165) is 5.57 Å². The van der Waals surface area contributed by atoms with Gasteiger partial charge >= 0.3 is 11.9 Å². The molecule has 30 nitrogen and oxygen atoms in total. The summed E-state index contributed by atoms with van der Waals surface area (Å²) in [5.74, 6) is -2.73. The quantitative estimate of drug-likeness (QED) is 0.0296. The fraction of sp³-hybridized carbons (Fsp3) is 0.908. The third-order valence-electron chi connectivity index (χ3n) is 24.6. The lowest BCUT2D eigenvalue weighted by molar-refractivity contribution is -0.412. The molecule has 544 valence electrons. The van der Waals surface area contributed by atoms with Crippen LogP contribution in [0.5, 0.6) is 0 Å². The maximum atomic E-state index is 13.5.